The highest BCUT2D eigenvalue weighted by Crippen LogP contribution is 2.15. The lowest BCUT2D eigenvalue weighted by molar-refractivity contribution is -0.148. The molecule has 3 aromatic rings. The quantitative estimate of drug-likeness (QED) is 0.434. The molecule has 0 radical (unpaired) electrons. The van der Waals surface area contributed by atoms with Crippen molar-refractivity contribution >= 4 is 35.2 Å². The van der Waals surface area contributed by atoms with Crippen LogP contribution in [0.5, 0.6) is 0 Å². The first-order valence-corrected chi connectivity index (χ1v) is 11.7. The van der Waals surface area contributed by atoms with Crippen molar-refractivity contribution in [2.45, 2.75) is 11.8 Å². The number of hydrogen-bond donors (Lipinski definition) is 2. The smallest absolute Gasteiger partial charge is 0.330 e. The van der Waals surface area contributed by atoms with E-state index in [1.807, 2.05) is 36.4 Å². The first kappa shape index (κ1) is 24.6. The average molecular weight is 474 g/mol. The monoisotopic (exact) mass is 473 g/mol. The van der Waals surface area contributed by atoms with Gasteiger partial charge in [-0.2, -0.15) is 17.0 Å². The molecule has 34 heavy (non-hydrogen) atoms. The maximum atomic E-state index is 12.7. The Kier molecular flexibility index (Phi) is 9.26. The fourth-order valence-corrected chi connectivity index (χ4v) is 3.98. The number of ether oxygens (including phenoxy) is 1. The number of amides is 2. The van der Waals surface area contributed by atoms with Crippen LogP contribution in [0.4, 0.5) is 5.69 Å². The van der Waals surface area contributed by atoms with Gasteiger partial charge in [-0.25, -0.2) is 4.79 Å². The van der Waals surface area contributed by atoms with E-state index < -0.39 is 30.4 Å². The summed E-state index contributed by atoms with van der Waals surface area (Å²) in [6.07, 6.45) is 0. The number of esters is 1. The highest BCUT2D eigenvalue weighted by Gasteiger charge is 2.24. The minimum absolute atomic E-state index is 0.269. The number of nitriles is 1. The lowest BCUT2D eigenvalue weighted by Gasteiger charge is -2.18. The molecule has 172 valence electrons. The number of carbonyl (C=O) groups excluding carboxylic acids is 3. The van der Waals surface area contributed by atoms with E-state index >= 15 is 0 Å². The summed E-state index contributed by atoms with van der Waals surface area (Å²) in [6, 6.07) is 25.9. The van der Waals surface area contributed by atoms with Crippen LogP contribution in [0.1, 0.15) is 21.5 Å². The first-order valence-electron chi connectivity index (χ1n) is 10.5. The predicted octanol–water partition coefficient (Wildman–Crippen LogP) is 3.77. The summed E-state index contributed by atoms with van der Waals surface area (Å²) >= 11 is 1.47. The van der Waals surface area contributed by atoms with Crippen LogP contribution in [-0.2, 0) is 20.1 Å². The number of carbonyl (C=O) groups is 3. The molecule has 3 rings (SSSR count). The normalized spacial score (nSPS) is 11.0. The van der Waals surface area contributed by atoms with Crippen molar-refractivity contribution in [2.75, 3.05) is 17.7 Å². The topological polar surface area (TPSA) is 108 Å². The van der Waals surface area contributed by atoms with Crippen molar-refractivity contribution < 1.29 is 19.1 Å². The van der Waals surface area contributed by atoms with E-state index in [-0.39, 0.29) is 5.75 Å². The summed E-state index contributed by atoms with van der Waals surface area (Å²) in [7, 11) is 0. The molecule has 0 aliphatic rings. The molecule has 7 nitrogen and oxygen atoms in total. The second kappa shape index (κ2) is 12.8. The number of rotatable bonds is 10. The van der Waals surface area contributed by atoms with Crippen molar-refractivity contribution in [1.82, 2.24) is 5.32 Å². The van der Waals surface area contributed by atoms with Crippen LogP contribution in [0.15, 0.2) is 84.9 Å². The van der Waals surface area contributed by atoms with Crippen molar-refractivity contribution in [2.24, 2.45) is 0 Å². The van der Waals surface area contributed by atoms with Gasteiger partial charge in [-0.15, -0.1) is 0 Å². The molecule has 0 fully saturated rings. The second-order valence-corrected chi connectivity index (χ2v) is 8.24. The fourth-order valence-electron chi connectivity index (χ4n) is 2.98. The van der Waals surface area contributed by atoms with E-state index in [1.165, 1.54) is 11.8 Å². The Morgan fingerprint density at radius 1 is 0.912 bits per heavy atom. The molecule has 0 bridgehead atoms. The Balaban J connectivity index is 1.59. The van der Waals surface area contributed by atoms with Gasteiger partial charge < -0.3 is 15.4 Å². The molecule has 0 unspecified atom stereocenters. The van der Waals surface area contributed by atoms with Gasteiger partial charge in [0.2, 0.25) is 0 Å². The number of nitrogens with one attached hydrogen (secondary N) is 2. The minimum atomic E-state index is -0.944. The summed E-state index contributed by atoms with van der Waals surface area (Å²) in [5.41, 5.74) is 2.13. The Hall–Kier alpha value is -4.09. The standard InChI is InChI=1S/C26H23N3O4S/c27-15-21-13-7-8-14-22(21)28-24(30)16-33-26(32)23(18-34-17-19-9-3-1-4-10-19)29-25(31)20-11-5-2-6-12-20/h1-14,23H,16-18H2,(H,28,30)(H,29,31)/t23-/m1/s1. The van der Waals surface area contributed by atoms with Gasteiger partial charge in [-0.3, -0.25) is 9.59 Å². The lowest BCUT2D eigenvalue weighted by atomic mass is 10.2. The van der Waals surface area contributed by atoms with E-state index in [4.69, 9.17) is 10.00 Å². The van der Waals surface area contributed by atoms with Crippen molar-refractivity contribution in [3.8, 4) is 6.07 Å². The van der Waals surface area contributed by atoms with Gasteiger partial charge >= 0.3 is 5.97 Å². The van der Waals surface area contributed by atoms with Gasteiger partial charge in [0.05, 0.1) is 11.3 Å². The molecule has 0 saturated heterocycles. The first-order chi connectivity index (χ1) is 16.6. The Morgan fingerprint density at radius 3 is 2.26 bits per heavy atom. The summed E-state index contributed by atoms with van der Waals surface area (Å²) in [4.78, 5) is 37.6. The molecule has 2 amide bonds. The predicted molar refractivity (Wildman–Crippen MR) is 131 cm³/mol. The van der Waals surface area contributed by atoms with Crippen LogP contribution in [0.3, 0.4) is 0 Å². The molecular formula is C26H23N3O4S. The van der Waals surface area contributed by atoms with Gasteiger partial charge in [-0.05, 0) is 29.8 Å². The van der Waals surface area contributed by atoms with Gasteiger partial charge in [-0.1, -0.05) is 60.7 Å². The van der Waals surface area contributed by atoms with Gasteiger partial charge in [0.25, 0.3) is 11.8 Å². The summed E-state index contributed by atoms with van der Waals surface area (Å²) < 4.78 is 5.19. The number of benzene rings is 3. The zero-order chi connectivity index (χ0) is 24.2. The van der Waals surface area contributed by atoms with E-state index in [0.717, 1.165) is 5.56 Å². The van der Waals surface area contributed by atoms with Crippen LogP contribution < -0.4 is 10.6 Å². The van der Waals surface area contributed by atoms with Crippen molar-refractivity contribution in [1.29, 1.82) is 5.26 Å². The summed E-state index contributed by atoms with van der Waals surface area (Å²) in [6.45, 7) is -0.542. The molecule has 1 atom stereocenters. The maximum absolute atomic E-state index is 12.7. The molecule has 0 saturated carbocycles. The summed E-state index contributed by atoms with van der Waals surface area (Å²) in [5, 5.41) is 14.4. The molecule has 0 spiro atoms. The zero-order valence-electron chi connectivity index (χ0n) is 18.3. The van der Waals surface area contributed by atoms with Gasteiger partial charge in [0.1, 0.15) is 12.1 Å². The van der Waals surface area contributed by atoms with Crippen LogP contribution in [0.2, 0.25) is 0 Å². The van der Waals surface area contributed by atoms with Gasteiger partial charge in [0, 0.05) is 17.1 Å². The number of nitrogens with zero attached hydrogens (tertiary/aromatic N) is 1. The number of para-hydroxylation sites is 1. The zero-order valence-corrected chi connectivity index (χ0v) is 19.1. The average Bonchev–Trinajstić information content (AvgIpc) is 2.88. The van der Waals surface area contributed by atoms with E-state index in [2.05, 4.69) is 10.6 Å². The Labute approximate surface area is 202 Å². The molecule has 8 heteroatoms. The molecule has 0 aromatic heterocycles. The number of anilines is 1. The van der Waals surface area contributed by atoms with Crippen molar-refractivity contribution in [3.05, 3.63) is 102 Å². The Morgan fingerprint density at radius 2 is 1.56 bits per heavy atom. The Bertz CT molecular complexity index is 1160. The van der Waals surface area contributed by atoms with Crippen LogP contribution in [0, 0.1) is 11.3 Å². The van der Waals surface area contributed by atoms with E-state index in [9.17, 15) is 14.4 Å². The SMILES string of the molecule is N#Cc1ccccc1NC(=O)COC(=O)[C@@H](CSCc1ccccc1)NC(=O)c1ccccc1. The van der Waals surface area contributed by atoms with Crippen LogP contribution in [0.25, 0.3) is 0 Å². The highest BCUT2D eigenvalue weighted by molar-refractivity contribution is 7.98. The van der Waals surface area contributed by atoms with Crippen LogP contribution in [-0.4, -0.2) is 36.2 Å². The van der Waals surface area contributed by atoms with Gasteiger partial charge in [0.15, 0.2) is 6.61 Å². The van der Waals surface area contributed by atoms with Crippen LogP contribution >= 0.6 is 11.8 Å². The summed E-state index contributed by atoms with van der Waals surface area (Å²) in [5.74, 6) is -0.785. The second-order valence-electron chi connectivity index (χ2n) is 7.21. The van der Waals surface area contributed by atoms with Crippen molar-refractivity contribution in [3.63, 3.8) is 0 Å². The molecule has 2 N–H and O–H groups in total. The molecule has 0 aliphatic carbocycles. The molecular weight excluding hydrogens is 450 g/mol. The fraction of sp³-hybridized carbons (Fsp3) is 0.154. The molecule has 0 aliphatic heterocycles. The van der Waals surface area contributed by atoms with E-state index in [1.54, 1.807) is 54.6 Å². The third-order valence-corrected chi connectivity index (χ3v) is 5.80. The number of hydrogen-bond acceptors (Lipinski definition) is 6. The molecule has 3 aromatic carbocycles. The minimum Gasteiger partial charge on any atom is -0.454 e. The van der Waals surface area contributed by atoms with E-state index in [0.29, 0.717) is 22.6 Å². The lowest BCUT2D eigenvalue weighted by Crippen LogP contribution is -2.44. The highest BCUT2D eigenvalue weighted by atomic mass is 32.2. The maximum Gasteiger partial charge on any atom is 0.330 e. The third-order valence-electron chi connectivity index (χ3n) is 4.69. The third kappa shape index (κ3) is 7.50. The largest absolute Gasteiger partial charge is 0.454 e. The number of thioether (sulfide) groups is 1. The molecule has 0 heterocycles.